The van der Waals surface area contributed by atoms with Crippen molar-refractivity contribution in [1.29, 1.82) is 5.26 Å². The van der Waals surface area contributed by atoms with Crippen LogP contribution in [0.1, 0.15) is 23.3 Å². The van der Waals surface area contributed by atoms with Crippen molar-refractivity contribution in [2.75, 3.05) is 51.2 Å². The number of hydrogen-bond donors (Lipinski definition) is 4. The standard InChI is InChI=1S/C21H24FN7O5S/c1-3-34-19(31)15-13(10-33-6-5-25-21-27-20(24)28-29-21)26-12(8-22)14(18(30)32-2)16(15)17-11(9-23)4-7-35-17/h4,7,16,26H,3,5-6,8,10H2,1-2H3,(H4,24,25,27,28,29). The van der Waals surface area contributed by atoms with E-state index in [0.29, 0.717) is 17.4 Å². The molecule has 35 heavy (non-hydrogen) atoms. The van der Waals surface area contributed by atoms with Gasteiger partial charge in [-0.2, -0.15) is 10.2 Å². The highest BCUT2D eigenvalue weighted by Gasteiger charge is 2.41. The molecular formula is C21H24FN7O5S. The first kappa shape index (κ1) is 25.7. The summed E-state index contributed by atoms with van der Waals surface area (Å²) in [5, 5.41) is 23.3. The fourth-order valence-electron chi connectivity index (χ4n) is 3.49. The van der Waals surface area contributed by atoms with Gasteiger partial charge in [0.05, 0.1) is 61.0 Å². The Morgan fingerprint density at radius 2 is 2.11 bits per heavy atom. The Labute approximate surface area is 203 Å². The zero-order valence-corrected chi connectivity index (χ0v) is 19.8. The normalized spacial score (nSPS) is 15.4. The summed E-state index contributed by atoms with van der Waals surface area (Å²) >= 11 is 1.16. The summed E-state index contributed by atoms with van der Waals surface area (Å²) in [6, 6.07) is 3.61. The lowest BCUT2D eigenvalue weighted by Gasteiger charge is -2.31. The van der Waals surface area contributed by atoms with Crippen molar-refractivity contribution in [3.8, 4) is 6.07 Å². The van der Waals surface area contributed by atoms with Crippen molar-refractivity contribution in [1.82, 2.24) is 20.5 Å². The molecule has 0 amide bonds. The second-order valence-corrected chi connectivity index (χ2v) is 7.97. The van der Waals surface area contributed by atoms with Crippen LogP contribution in [0.4, 0.5) is 16.3 Å². The molecule has 0 saturated carbocycles. The Morgan fingerprint density at radius 3 is 2.74 bits per heavy atom. The van der Waals surface area contributed by atoms with Crippen LogP contribution < -0.4 is 16.4 Å². The number of aromatic nitrogens is 3. The van der Waals surface area contributed by atoms with E-state index in [2.05, 4.69) is 31.9 Å². The van der Waals surface area contributed by atoms with Crippen molar-refractivity contribution in [3.63, 3.8) is 0 Å². The number of hydrogen-bond acceptors (Lipinski definition) is 12. The number of nitrogen functional groups attached to an aromatic ring is 1. The summed E-state index contributed by atoms with van der Waals surface area (Å²) in [4.78, 5) is 30.1. The predicted molar refractivity (Wildman–Crippen MR) is 124 cm³/mol. The lowest BCUT2D eigenvalue weighted by atomic mass is 9.83. The number of aromatic amines is 1. The number of halogens is 1. The van der Waals surface area contributed by atoms with E-state index in [9.17, 15) is 19.2 Å². The van der Waals surface area contributed by atoms with E-state index in [4.69, 9.17) is 19.9 Å². The van der Waals surface area contributed by atoms with E-state index in [0.717, 1.165) is 18.4 Å². The summed E-state index contributed by atoms with van der Waals surface area (Å²) in [6.07, 6.45) is 0. The Kier molecular flexibility index (Phi) is 8.76. The number of nitrogens with two attached hydrogens (primary N) is 1. The lowest BCUT2D eigenvalue weighted by molar-refractivity contribution is -0.139. The Morgan fingerprint density at radius 1 is 1.34 bits per heavy atom. The molecule has 1 aliphatic rings. The highest BCUT2D eigenvalue weighted by molar-refractivity contribution is 7.10. The number of anilines is 2. The minimum Gasteiger partial charge on any atom is -0.466 e. The number of carbonyl (C=O) groups is 2. The van der Waals surface area contributed by atoms with E-state index in [-0.39, 0.29) is 53.9 Å². The number of ether oxygens (including phenoxy) is 3. The molecule has 5 N–H and O–H groups in total. The Hall–Kier alpha value is -3.96. The number of allylic oxidation sites excluding steroid dienone is 1. The molecule has 0 saturated heterocycles. The Bertz CT molecular complexity index is 1180. The molecule has 3 rings (SSSR count). The molecule has 1 unspecified atom stereocenters. The first-order chi connectivity index (χ1) is 16.9. The summed E-state index contributed by atoms with van der Waals surface area (Å²) in [6.45, 7) is 1.01. The van der Waals surface area contributed by atoms with Gasteiger partial charge >= 0.3 is 11.9 Å². The van der Waals surface area contributed by atoms with Gasteiger partial charge in [-0.15, -0.1) is 16.4 Å². The van der Waals surface area contributed by atoms with Crippen molar-refractivity contribution >= 4 is 35.2 Å². The third-order valence-electron chi connectivity index (χ3n) is 4.92. The van der Waals surface area contributed by atoms with Crippen LogP contribution in [0.2, 0.25) is 0 Å². The van der Waals surface area contributed by atoms with Crippen molar-refractivity contribution < 1.29 is 28.2 Å². The van der Waals surface area contributed by atoms with E-state index < -0.39 is 24.5 Å². The molecule has 2 aromatic heterocycles. The minimum atomic E-state index is -1.07. The molecule has 1 aliphatic heterocycles. The molecule has 12 nitrogen and oxygen atoms in total. The number of dihydropyridines is 1. The van der Waals surface area contributed by atoms with Crippen molar-refractivity contribution in [2.45, 2.75) is 12.8 Å². The number of esters is 2. The highest BCUT2D eigenvalue weighted by Crippen LogP contribution is 2.42. The smallest absolute Gasteiger partial charge is 0.336 e. The molecule has 186 valence electrons. The van der Waals surface area contributed by atoms with Gasteiger partial charge in [-0.3, -0.25) is 0 Å². The lowest BCUT2D eigenvalue weighted by Crippen LogP contribution is -2.36. The van der Waals surface area contributed by atoms with Gasteiger partial charge in [0, 0.05) is 11.4 Å². The topological polar surface area (TPSA) is 177 Å². The second-order valence-electron chi connectivity index (χ2n) is 7.02. The number of rotatable bonds is 11. The minimum absolute atomic E-state index is 0.0399. The molecule has 2 aromatic rings. The maximum Gasteiger partial charge on any atom is 0.336 e. The first-order valence-electron chi connectivity index (χ1n) is 10.5. The van der Waals surface area contributed by atoms with Crippen molar-refractivity contribution in [3.05, 3.63) is 44.4 Å². The van der Waals surface area contributed by atoms with Gasteiger partial charge in [0.2, 0.25) is 11.9 Å². The monoisotopic (exact) mass is 505 g/mol. The van der Waals surface area contributed by atoms with Crippen molar-refractivity contribution in [2.24, 2.45) is 0 Å². The van der Waals surface area contributed by atoms with E-state index in [1.54, 1.807) is 18.4 Å². The largest absolute Gasteiger partial charge is 0.466 e. The molecule has 0 radical (unpaired) electrons. The number of carbonyl (C=O) groups excluding carboxylic acids is 2. The van der Waals surface area contributed by atoms with Crippen LogP contribution >= 0.6 is 11.3 Å². The average Bonchev–Trinajstić information content (AvgIpc) is 3.50. The zero-order valence-electron chi connectivity index (χ0n) is 19.0. The molecule has 1 atom stereocenters. The summed E-state index contributed by atoms with van der Waals surface area (Å²) in [5.41, 5.74) is 5.79. The number of nitrogens with one attached hydrogen (secondary N) is 3. The molecular weight excluding hydrogens is 481 g/mol. The third kappa shape index (κ3) is 5.76. The van der Waals surface area contributed by atoms with Gasteiger partial charge in [0.1, 0.15) is 12.7 Å². The molecule has 0 fully saturated rings. The number of methoxy groups -OCH3 is 1. The quantitative estimate of drug-likeness (QED) is 0.256. The van der Waals surface area contributed by atoms with Crippen LogP contribution in [-0.4, -0.2) is 67.3 Å². The highest BCUT2D eigenvalue weighted by atomic mass is 32.1. The van der Waals surface area contributed by atoms with Gasteiger partial charge < -0.3 is 30.6 Å². The van der Waals surface area contributed by atoms with Crippen LogP contribution in [0, 0.1) is 11.3 Å². The molecule has 0 spiro atoms. The van der Waals surface area contributed by atoms with E-state index in [1.807, 2.05) is 0 Å². The SMILES string of the molecule is CCOC(=O)C1=C(COCCNc2n[nH]c(N)n2)NC(CF)=C(C(=O)OC)C1c1sccc1C#N. The fraction of sp³-hybridized carbons (Fsp3) is 0.381. The number of nitrogens with zero attached hydrogens (tertiary/aromatic N) is 3. The van der Waals surface area contributed by atoms with Gasteiger partial charge in [-0.05, 0) is 18.4 Å². The zero-order chi connectivity index (χ0) is 25.4. The van der Waals surface area contributed by atoms with Gasteiger partial charge in [0.15, 0.2) is 0 Å². The molecule has 3 heterocycles. The molecule has 0 aromatic carbocycles. The molecule has 0 aliphatic carbocycles. The van der Waals surface area contributed by atoms with Gasteiger partial charge in [-0.1, -0.05) is 0 Å². The van der Waals surface area contributed by atoms with Gasteiger partial charge in [-0.25, -0.2) is 19.1 Å². The van der Waals surface area contributed by atoms with Crippen LogP contribution in [-0.2, 0) is 23.8 Å². The number of nitriles is 1. The second kappa shape index (κ2) is 12.0. The Balaban J connectivity index is 1.94. The van der Waals surface area contributed by atoms with Crippen LogP contribution in [0.25, 0.3) is 0 Å². The number of H-pyrrole nitrogens is 1. The third-order valence-corrected chi connectivity index (χ3v) is 5.90. The average molecular weight is 506 g/mol. The number of alkyl halides is 1. The van der Waals surface area contributed by atoms with E-state index >= 15 is 0 Å². The van der Waals surface area contributed by atoms with Crippen LogP contribution in [0.5, 0.6) is 0 Å². The van der Waals surface area contributed by atoms with Crippen LogP contribution in [0.15, 0.2) is 34.0 Å². The van der Waals surface area contributed by atoms with Crippen LogP contribution in [0.3, 0.4) is 0 Å². The summed E-state index contributed by atoms with van der Waals surface area (Å²) in [7, 11) is 1.16. The maximum atomic E-state index is 14.1. The first-order valence-corrected chi connectivity index (χ1v) is 11.3. The molecule has 14 heteroatoms. The fourth-order valence-corrected chi connectivity index (χ4v) is 4.45. The maximum absolute atomic E-state index is 14.1. The molecule has 0 bridgehead atoms. The summed E-state index contributed by atoms with van der Waals surface area (Å²) < 4.78 is 29.9. The van der Waals surface area contributed by atoms with Gasteiger partial charge in [0.25, 0.3) is 0 Å². The summed E-state index contributed by atoms with van der Waals surface area (Å²) in [5.74, 6) is -2.18. The number of thiophene rings is 1. The van der Waals surface area contributed by atoms with E-state index in [1.165, 1.54) is 0 Å². The predicted octanol–water partition coefficient (Wildman–Crippen LogP) is 1.35.